The summed E-state index contributed by atoms with van der Waals surface area (Å²) in [6.45, 7) is 10.7. The minimum absolute atomic E-state index is 0.119. The first-order valence-corrected chi connectivity index (χ1v) is 6.17. The van der Waals surface area contributed by atoms with Crippen LogP contribution in [0.3, 0.4) is 0 Å². The molecule has 1 N–H and O–H groups in total. The van der Waals surface area contributed by atoms with Crippen LogP contribution >= 0.6 is 0 Å². The van der Waals surface area contributed by atoms with Crippen molar-refractivity contribution in [3.63, 3.8) is 0 Å². The molecule has 1 aliphatic rings. The average molecular weight is 222 g/mol. The molecule has 3 unspecified atom stereocenters. The van der Waals surface area contributed by atoms with Gasteiger partial charge in [0.25, 0.3) is 0 Å². The summed E-state index contributed by atoms with van der Waals surface area (Å²) in [5, 5.41) is 14.2. The average Bonchev–Trinajstić information content (AvgIpc) is 2.51. The monoisotopic (exact) mass is 222 g/mol. The summed E-state index contributed by atoms with van der Waals surface area (Å²) in [7, 11) is 0. The molecular formula is C13H22N2O. The van der Waals surface area contributed by atoms with Crippen LogP contribution in [0.25, 0.3) is 0 Å². The zero-order chi connectivity index (χ0) is 12.0. The minimum Gasteiger partial charge on any atom is -0.393 e. The summed E-state index contributed by atoms with van der Waals surface area (Å²) >= 11 is 0. The van der Waals surface area contributed by atoms with Crippen LogP contribution in [-0.4, -0.2) is 21.0 Å². The van der Waals surface area contributed by atoms with E-state index in [0.29, 0.717) is 17.9 Å². The highest BCUT2D eigenvalue weighted by molar-refractivity contribution is 5.32. The summed E-state index contributed by atoms with van der Waals surface area (Å²) in [6.07, 6.45) is 0.776. The van der Waals surface area contributed by atoms with Crippen LogP contribution in [-0.2, 0) is 0 Å². The summed E-state index contributed by atoms with van der Waals surface area (Å²) in [5.41, 5.74) is 3.78. The molecule has 2 rings (SSSR count). The van der Waals surface area contributed by atoms with Gasteiger partial charge in [0.2, 0.25) is 0 Å². The Labute approximate surface area is 97.5 Å². The van der Waals surface area contributed by atoms with Crippen molar-refractivity contribution in [3.05, 3.63) is 17.0 Å². The highest BCUT2D eigenvalue weighted by atomic mass is 16.3. The van der Waals surface area contributed by atoms with Gasteiger partial charge >= 0.3 is 0 Å². The van der Waals surface area contributed by atoms with Gasteiger partial charge in [0.1, 0.15) is 0 Å². The molecule has 1 saturated carbocycles. The summed E-state index contributed by atoms with van der Waals surface area (Å²) in [5.74, 6) is 0.879. The van der Waals surface area contributed by atoms with E-state index in [2.05, 4.69) is 44.4 Å². The quantitative estimate of drug-likeness (QED) is 0.835. The highest BCUT2D eigenvalue weighted by Crippen LogP contribution is 2.44. The molecule has 1 fully saturated rings. The molecule has 16 heavy (non-hydrogen) atoms. The van der Waals surface area contributed by atoms with Gasteiger partial charge in [-0.15, -0.1) is 0 Å². The Kier molecular flexibility index (Phi) is 2.82. The fourth-order valence-corrected chi connectivity index (χ4v) is 2.86. The van der Waals surface area contributed by atoms with Gasteiger partial charge < -0.3 is 5.11 Å². The van der Waals surface area contributed by atoms with E-state index in [-0.39, 0.29) is 6.10 Å². The van der Waals surface area contributed by atoms with Crippen LogP contribution in [0.1, 0.15) is 56.1 Å². The lowest BCUT2D eigenvalue weighted by molar-refractivity contribution is 0.0113. The zero-order valence-corrected chi connectivity index (χ0v) is 10.9. The Morgan fingerprint density at radius 1 is 1.38 bits per heavy atom. The van der Waals surface area contributed by atoms with Gasteiger partial charge in [-0.1, -0.05) is 6.92 Å². The summed E-state index contributed by atoms with van der Waals surface area (Å²) < 4.78 is 2.10. The molecule has 0 aliphatic heterocycles. The van der Waals surface area contributed by atoms with Crippen LogP contribution in [0.4, 0.5) is 0 Å². The number of nitrogens with zero attached hydrogens (tertiary/aromatic N) is 2. The lowest BCUT2D eigenvalue weighted by Gasteiger charge is -2.39. The number of hydrogen-bond donors (Lipinski definition) is 1. The van der Waals surface area contributed by atoms with Crippen LogP contribution < -0.4 is 0 Å². The van der Waals surface area contributed by atoms with E-state index < -0.39 is 0 Å². The molecule has 1 aromatic heterocycles. The Bertz CT molecular complexity index is 395. The molecule has 1 aliphatic carbocycles. The molecule has 90 valence electrons. The van der Waals surface area contributed by atoms with Crippen LogP contribution in [0.2, 0.25) is 0 Å². The largest absolute Gasteiger partial charge is 0.393 e. The van der Waals surface area contributed by atoms with Gasteiger partial charge in [-0.25, -0.2) is 0 Å². The number of aryl methyl sites for hydroxylation is 1. The third-order valence-electron chi connectivity index (χ3n) is 3.98. The second kappa shape index (κ2) is 3.88. The molecule has 1 heterocycles. The van der Waals surface area contributed by atoms with Crippen LogP contribution in [0, 0.1) is 19.8 Å². The molecule has 0 saturated heterocycles. The predicted molar refractivity (Wildman–Crippen MR) is 64.6 cm³/mol. The van der Waals surface area contributed by atoms with Crippen molar-refractivity contribution >= 4 is 0 Å². The molecule has 0 spiro atoms. The SMILES string of the molecule is Cc1nn(C(C)C)c(C)c1C1CC(O)C1C. The van der Waals surface area contributed by atoms with Crippen molar-refractivity contribution in [2.24, 2.45) is 5.92 Å². The zero-order valence-electron chi connectivity index (χ0n) is 10.9. The van der Waals surface area contributed by atoms with Gasteiger partial charge in [-0.05, 0) is 51.5 Å². The standard InChI is InChI=1S/C13H22N2O/c1-7(2)15-10(5)13(9(4)14-15)11-6-12(16)8(11)3/h7-8,11-12,16H,6H2,1-5H3. The first-order valence-electron chi connectivity index (χ1n) is 6.17. The van der Waals surface area contributed by atoms with Gasteiger partial charge in [-0.3, -0.25) is 4.68 Å². The van der Waals surface area contributed by atoms with E-state index in [1.165, 1.54) is 11.3 Å². The second-order valence-corrected chi connectivity index (χ2v) is 5.39. The van der Waals surface area contributed by atoms with Crippen molar-refractivity contribution in [1.82, 2.24) is 9.78 Å². The van der Waals surface area contributed by atoms with Gasteiger partial charge in [0.05, 0.1) is 11.8 Å². The lowest BCUT2D eigenvalue weighted by atomic mass is 9.68. The smallest absolute Gasteiger partial charge is 0.0631 e. The van der Waals surface area contributed by atoms with Gasteiger partial charge in [0.15, 0.2) is 0 Å². The van der Waals surface area contributed by atoms with E-state index in [0.717, 1.165) is 12.1 Å². The van der Waals surface area contributed by atoms with Crippen molar-refractivity contribution in [3.8, 4) is 0 Å². The van der Waals surface area contributed by atoms with Crippen molar-refractivity contribution in [1.29, 1.82) is 0 Å². The van der Waals surface area contributed by atoms with Crippen LogP contribution in [0.5, 0.6) is 0 Å². The Morgan fingerprint density at radius 3 is 2.38 bits per heavy atom. The first-order chi connectivity index (χ1) is 7.43. The third-order valence-corrected chi connectivity index (χ3v) is 3.98. The number of rotatable bonds is 2. The minimum atomic E-state index is -0.119. The maximum atomic E-state index is 9.62. The molecule has 3 nitrogen and oxygen atoms in total. The van der Waals surface area contributed by atoms with Gasteiger partial charge in [-0.2, -0.15) is 5.10 Å². The van der Waals surface area contributed by atoms with Crippen molar-refractivity contribution in [2.75, 3.05) is 0 Å². The normalized spacial score (nSPS) is 29.6. The molecule has 0 bridgehead atoms. The molecule has 1 aromatic rings. The second-order valence-electron chi connectivity index (χ2n) is 5.39. The summed E-state index contributed by atoms with van der Waals surface area (Å²) in [6, 6.07) is 0.410. The maximum Gasteiger partial charge on any atom is 0.0631 e. The highest BCUT2D eigenvalue weighted by Gasteiger charge is 2.40. The molecular weight excluding hydrogens is 200 g/mol. The molecule has 0 amide bonds. The fourth-order valence-electron chi connectivity index (χ4n) is 2.86. The topological polar surface area (TPSA) is 38.0 Å². The van der Waals surface area contributed by atoms with E-state index >= 15 is 0 Å². The lowest BCUT2D eigenvalue weighted by Crippen LogP contribution is -2.37. The van der Waals surface area contributed by atoms with E-state index in [1.807, 2.05) is 0 Å². The molecule has 3 atom stereocenters. The fraction of sp³-hybridized carbons (Fsp3) is 0.769. The van der Waals surface area contributed by atoms with E-state index in [4.69, 9.17) is 0 Å². The van der Waals surface area contributed by atoms with Gasteiger partial charge in [0, 0.05) is 11.7 Å². The third kappa shape index (κ3) is 1.58. The number of aliphatic hydroxyl groups is 1. The number of aliphatic hydroxyl groups excluding tert-OH is 1. The van der Waals surface area contributed by atoms with Crippen LogP contribution in [0.15, 0.2) is 0 Å². The molecule has 0 radical (unpaired) electrons. The predicted octanol–water partition coefficient (Wildman–Crippen LogP) is 2.57. The molecule has 3 heteroatoms. The number of aromatic nitrogens is 2. The van der Waals surface area contributed by atoms with E-state index in [1.54, 1.807) is 0 Å². The first kappa shape index (κ1) is 11.6. The maximum absolute atomic E-state index is 9.62. The number of hydrogen-bond acceptors (Lipinski definition) is 2. The Hall–Kier alpha value is -0.830. The Balaban J connectivity index is 2.35. The Morgan fingerprint density at radius 2 is 2.00 bits per heavy atom. The van der Waals surface area contributed by atoms with Crippen molar-refractivity contribution < 1.29 is 5.11 Å². The molecule has 0 aromatic carbocycles. The summed E-state index contributed by atoms with van der Waals surface area (Å²) in [4.78, 5) is 0. The van der Waals surface area contributed by atoms with E-state index in [9.17, 15) is 5.11 Å². The van der Waals surface area contributed by atoms with Crippen molar-refractivity contribution in [2.45, 2.75) is 59.1 Å².